The molecule has 0 saturated carbocycles. The highest BCUT2D eigenvalue weighted by Gasteiger charge is 2.31. The predicted molar refractivity (Wildman–Crippen MR) is 172 cm³/mol. The van der Waals surface area contributed by atoms with Gasteiger partial charge in [0.25, 0.3) is 0 Å². The molecule has 224 valence electrons. The Bertz CT molecular complexity index is 2050. The lowest BCUT2D eigenvalue weighted by molar-refractivity contribution is -0.108. The lowest BCUT2D eigenvalue weighted by Gasteiger charge is -2.32. The monoisotopic (exact) mass is 600 g/mol. The van der Waals surface area contributed by atoms with E-state index in [4.69, 9.17) is 4.42 Å². The maximum absolute atomic E-state index is 13.6. The summed E-state index contributed by atoms with van der Waals surface area (Å²) in [5, 5.41) is 21.8. The average Bonchev–Trinajstić information content (AvgIpc) is 3.05. The fraction of sp³-hybridized carbons (Fsp3) is 0.135. The number of hydrogen-bond donors (Lipinski definition) is 2. The molecule has 2 aliphatic rings. The van der Waals surface area contributed by atoms with Gasteiger partial charge in [0.2, 0.25) is 0 Å². The first-order valence-electron chi connectivity index (χ1n) is 14.7. The number of fused-ring (bicyclic) bond motifs is 2. The third-order valence-corrected chi connectivity index (χ3v) is 8.48. The Balaban J connectivity index is 1.33. The molecule has 0 aliphatic carbocycles. The van der Waals surface area contributed by atoms with Crippen LogP contribution in [-0.2, 0) is 11.3 Å². The molecule has 0 radical (unpaired) electrons. The highest BCUT2D eigenvalue weighted by atomic mass is 19.1. The lowest BCUT2D eigenvalue weighted by Crippen LogP contribution is -2.28. The molecular weight excluding hydrogens is 571 g/mol. The van der Waals surface area contributed by atoms with E-state index in [9.17, 15) is 24.2 Å². The van der Waals surface area contributed by atoms with E-state index in [2.05, 4.69) is 4.90 Å². The van der Waals surface area contributed by atoms with Crippen molar-refractivity contribution in [3.63, 3.8) is 0 Å². The number of carbonyl (C=O) groups excluding carboxylic acids is 1. The summed E-state index contributed by atoms with van der Waals surface area (Å²) in [5.74, 6) is -1.43. The van der Waals surface area contributed by atoms with Crippen LogP contribution in [0.2, 0.25) is 0 Å². The molecule has 4 aromatic carbocycles. The molecule has 3 heterocycles. The van der Waals surface area contributed by atoms with Crippen LogP contribution >= 0.6 is 0 Å². The number of para-hydroxylation sites is 2. The van der Waals surface area contributed by atoms with Crippen LogP contribution < -0.4 is 10.3 Å². The number of allylic oxidation sites excluding steroid dienone is 1. The molecule has 8 heteroatoms. The molecule has 2 N–H and O–H groups in total. The van der Waals surface area contributed by atoms with E-state index in [0.717, 1.165) is 34.4 Å². The molecule has 45 heavy (non-hydrogen) atoms. The topological polar surface area (TPSA) is 94.2 Å². The van der Waals surface area contributed by atoms with E-state index >= 15 is 0 Å². The normalized spacial score (nSPS) is 16.6. The van der Waals surface area contributed by atoms with E-state index < -0.39 is 11.3 Å². The van der Waals surface area contributed by atoms with E-state index in [1.807, 2.05) is 65.6 Å². The maximum atomic E-state index is 13.6. The largest absolute Gasteiger partial charge is 0.507 e. The number of anilines is 2. The van der Waals surface area contributed by atoms with Crippen LogP contribution in [0.1, 0.15) is 34.8 Å². The molecule has 0 spiro atoms. The van der Waals surface area contributed by atoms with E-state index in [-0.39, 0.29) is 34.0 Å². The van der Waals surface area contributed by atoms with Gasteiger partial charge in [0, 0.05) is 54.9 Å². The van der Waals surface area contributed by atoms with Gasteiger partial charge in [0.15, 0.2) is 11.0 Å². The standard InChI is InChI=1S/C37H29FN2O5/c38-25-12-10-23(11-13-25)20-39-16-14-24(15-17-39)35-31(42)18-32(43)36-33(44)19-34(45-37(35)36)28-21-40(26-6-2-1-3-7-26)30-9-5-4-8-27(30)29(28)22-41/h1-14,18-19,21-22,29,42-43H,15-17,20H2. The number of benzene rings is 4. The third-order valence-electron chi connectivity index (χ3n) is 8.48. The number of hydrogen-bond acceptors (Lipinski definition) is 7. The van der Waals surface area contributed by atoms with Crippen LogP contribution in [0.15, 0.2) is 112 Å². The highest BCUT2D eigenvalue weighted by molar-refractivity contribution is 5.98. The van der Waals surface area contributed by atoms with Gasteiger partial charge < -0.3 is 24.3 Å². The summed E-state index contributed by atoms with van der Waals surface area (Å²) in [6.07, 6.45) is 5.14. The Kier molecular flexibility index (Phi) is 7.27. The summed E-state index contributed by atoms with van der Waals surface area (Å²) in [6.45, 7) is 1.84. The molecule has 1 atom stereocenters. The van der Waals surface area contributed by atoms with Crippen LogP contribution in [0, 0.1) is 5.82 Å². The van der Waals surface area contributed by atoms with E-state index in [1.165, 1.54) is 24.3 Å². The minimum atomic E-state index is -0.718. The summed E-state index contributed by atoms with van der Waals surface area (Å²) < 4.78 is 19.8. The minimum absolute atomic E-state index is 0.0411. The number of nitrogens with zero attached hydrogens (tertiary/aromatic N) is 2. The molecule has 7 rings (SSSR count). The zero-order chi connectivity index (χ0) is 31.1. The second-order valence-corrected chi connectivity index (χ2v) is 11.3. The SMILES string of the molecule is O=CC1C(c2cc(=O)c3c(O)cc(O)c(C4=CCN(Cc5ccc(F)cc5)CC4)c3o2)=CN(c2ccccc2)c2ccccc21. The van der Waals surface area contributed by atoms with Crippen molar-refractivity contribution in [3.05, 3.63) is 142 Å². The van der Waals surface area contributed by atoms with Crippen molar-refractivity contribution < 1.29 is 23.8 Å². The number of halogens is 1. The summed E-state index contributed by atoms with van der Waals surface area (Å²) >= 11 is 0. The van der Waals surface area contributed by atoms with Crippen LogP contribution in [0.3, 0.4) is 0 Å². The van der Waals surface area contributed by atoms with Gasteiger partial charge in [-0.15, -0.1) is 0 Å². The van der Waals surface area contributed by atoms with Crippen molar-refractivity contribution in [3.8, 4) is 11.5 Å². The molecule has 2 aliphatic heterocycles. The predicted octanol–water partition coefficient (Wildman–Crippen LogP) is 7.11. The van der Waals surface area contributed by atoms with Crippen molar-refractivity contribution in [2.24, 2.45) is 0 Å². The van der Waals surface area contributed by atoms with Crippen LogP contribution in [0.5, 0.6) is 11.5 Å². The van der Waals surface area contributed by atoms with Crippen LogP contribution in [-0.4, -0.2) is 34.5 Å². The Morgan fingerprint density at radius 1 is 0.933 bits per heavy atom. The molecule has 0 amide bonds. The smallest absolute Gasteiger partial charge is 0.197 e. The summed E-state index contributed by atoms with van der Waals surface area (Å²) in [6, 6.07) is 26.1. The van der Waals surface area contributed by atoms with Gasteiger partial charge in [-0.3, -0.25) is 9.69 Å². The van der Waals surface area contributed by atoms with Gasteiger partial charge in [-0.25, -0.2) is 4.39 Å². The first kappa shape index (κ1) is 28.3. The zero-order valence-electron chi connectivity index (χ0n) is 24.2. The van der Waals surface area contributed by atoms with E-state index in [0.29, 0.717) is 37.2 Å². The average molecular weight is 601 g/mol. The Morgan fingerprint density at radius 2 is 1.69 bits per heavy atom. The summed E-state index contributed by atoms with van der Waals surface area (Å²) in [4.78, 5) is 30.3. The fourth-order valence-corrected chi connectivity index (χ4v) is 6.28. The van der Waals surface area contributed by atoms with Gasteiger partial charge >= 0.3 is 0 Å². The fourth-order valence-electron chi connectivity index (χ4n) is 6.28. The summed E-state index contributed by atoms with van der Waals surface area (Å²) in [5.41, 5.74) is 4.59. The van der Waals surface area contributed by atoms with Crippen LogP contribution in [0.4, 0.5) is 15.8 Å². The molecule has 5 aromatic rings. The third kappa shape index (κ3) is 5.19. The second kappa shape index (κ2) is 11.6. The highest BCUT2D eigenvalue weighted by Crippen LogP contribution is 2.46. The van der Waals surface area contributed by atoms with Gasteiger partial charge in [-0.2, -0.15) is 0 Å². The number of aromatic hydroxyl groups is 2. The van der Waals surface area contributed by atoms with Crippen molar-refractivity contribution in [2.45, 2.75) is 18.9 Å². The van der Waals surface area contributed by atoms with Crippen molar-refractivity contribution in [1.82, 2.24) is 4.90 Å². The molecule has 0 fully saturated rings. The molecule has 1 aromatic heterocycles. The first-order chi connectivity index (χ1) is 21.9. The molecule has 1 unspecified atom stereocenters. The zero-order valence-corrected chi connectivity index (χ0v) is 24.2. The van der Waals surface area contributed by atoms with Crippen molar-refractivity contribution in [1.29, 1.82) is 0 Å². The first-order valence-corrected chi connectivity index (χ1v) is 14.7. The number of aldehydes is 1. The van der Waals surface area contributed by atoms with Crippen LogP contribution in [0.25, 0.3) is 22.1 Å². The van der Waals surface area contributed by atoms with Gasteiger partial charge in [0.1, 0.15) is 34.7 Å². The lowest BCUT2D eigenvalue weighted by atomic mass is 9.86. The quantitative estimate of drug-likeness (QED) is 0.201. The van der Waals surface area contributed by atoms with E-state index in [1.54, 1.807) is 18.3 Å². The number of rotatable bonds is 6. The second-order valence-electron chi connectivity index (χ2n) is 11.3. The maximum Gasteiger partial charge on any atom is 0.197 e. The number of carbonyl (C=O) groups is 1. The van der Waals surface area contributed by atoms with Crippen molar-refractivity contribution in [2.75, 3.05) is 18.0 Å². The van der Waals surface area contributed by atoms with Crippen molar-refractivity contribution >= 4 is 39.8 Å². The number of phenols is 2. The molecule has 0 bridgehead atoms. The Hall–Kier alpha value is -5.47. The molecule has 0 saturated heterocycles. The summed E-state index contributed by atoms with van der Waals surface area (Å²) in [7, 11) is 0. The number of phenolic OH excluding ortho intramolecular Hbond substituents is 2. The molecule has 7 nitrogen and oxygen atoms in total. The Labute approximate surface area is 258 Å². The minimum Gasteiger partial charge on any atom is -0.507 e. The van der Waals surface area contributed by atoms with Gasteiger partial charge in [0.05, 0.1) is 11.5 Å². The molecular formula is C37H29FN2O5. The van der Waals surface area contributed by atoms with Gasteiger partial charge in [-0.05, 0) is 53.5 Å². The Morgan fingerprint density at radius 3 is 2.42 bits per heavy atom. The van der Waals surface area contributed by atoms with Gasteiger partial charge in [-0.1, -0.05) is 54.6 Å².